The Kier molecular flexibility index (Phi) is 4.31. The molecule has 1 N–H and O–H groups in total. The second-order valence-corrected chi connectivity index (χ2v) is 6.22. The number of carboxylic acids is 1. The molecule has 2 aliphatic rings. The van der Waals surface area contributed by atoms with Gasteiger partial charge in [0.2, 0.25) is 5.76 Å². The molecule has 1 aromatic heterocycles. The van der Waals surface area contributed by atoms with Crippen LogP contribution in [0.15, 0.2) is 10.5 Å². The molecule has 0 bridgehead atoms. The average Bonchev–Trinajstić information content (AvgIpc) is 2.75. The molecular weight excluding hydrogens is 270 g/mol. The summed E-state index contributed by atoms with van der Waals surface area (Å²) in [7, 11) is 0. The first-order chi connectivity index (χ1) is 10.1. The molecule has 116 valence electrons. The molecule has 5 nitrogen and oxygen atoms in total. The Morgan fingerprint density at radius 2 is 2.14 bits per heavy atom. The predicted octanol–water partition coefficient (Wildman–Crippen LogP) is 2.82. The molecule has 0 aromatic carbocycles. The van der Waals surface area contributed by atoms with Gasteiger partial charge in [0, 0.05) is 12.1 Å². The third-order valence-electron chi connectivity index (χ3n) is 4.44. The second-order valence-electron chi connectivity index (χ2n) is 6.22. The first-order valence-electron chi connectivity index (χ1n) is 7.82. The van der Waals surface area contributed by atoms with Crippen LogP contribution in [0.4, 0.5) is 0 Å². The maximum atomic E-state index is 11.0. The van der Waals surface area contributed by atoms with Crippen molar-refractivity contribution in [1.29, 1.82) is 0 Å². The van der Waals surface area contributed by atoms with Crippen molar-refractivity contribution < 1.29 is 19.1 Å². The number of rotatable bonds is 5. The van der Waals surface area contributed by atoms with Crippen molar-refractivity contribution in [3.05, 3.63) is 23.2 Å². The summed E-state index contributed by atoms with van der Waals surface area (Å²) in [6.45, 7) is 4.37. The average molecular weight is 293 g/mol. The number of piperidine rings is 1. The number of hydrogen-bond donors (Lipinski definition) is 1. The molecule has 1 aromatic rings. The zero-order chi connectivity index (χ0) is 14.8. The summed E-state index contributed by atoms with van der Waals surface area (Å²) in [6.07, 6.45) is 6.75. The third-order valence-corrected chi connectivity index (χ3v) is 4.44. The Labute approximate surface area is 124 Å². The van der Waals surface area contributed by atoms with E-state index in [4.69, 9.17) is 14.3 Å². The number of aromatic carboxylic acids is 1. The van der Waals surface area contributed by atoms with Crippen molar-refractivity contribution >= 4 is 5.97 Å². The van der Waals surface area contributed by atoms with Crippen LogP contribution in [0.25, 0.3) is 0 Å². The topological polar surface area (TPSA) is 62.9 Å². The van der Waals surface area contributed by atoms with E-state index in [0.29, 0.717) is 24.3 Å². The molecule has 1 saturated heterocycles. The molecular formula is C16H23NO4. The molecule has 2 fully saturated rings. The summed E-state index contributed by atoms with van der Waals surface area (Å²) in [6, 6.07) is 1.83. The zero-order valence-corrected chi connectivity index (χ0v) is 12.5. The summed E-state index contributed by atoms with van der Waals surface area (Å²) < 4.78 is 11.5. The van der Waals surface area contributed by atoms with Gasteiger partial charge in [-0.05, 0) is 51.6 Å². The van der Waals surface area contributed by atoms with Crippen LogP contribution in [0.2, 0.25) is 0 Å². The Hall–Kier alpha value is -1.33. The second kappa shape index (κ2) is 6.20. The number of likely N-dealkylation sites (tertiary alicyclic amines) is 1. The molecule has 0 spiro atoms. The van der Waals surface area contributed by atoms with E-state index < -0.39 is 5.97 Å². The predicted molar refractivity (Wildman–Crippen MR) is 77.4 cm³/mol. The van der Waals surface area contributed by atoms with E-state index in [1.165, 1.54) is 19.3 Å². The number of furan rings is 1. The van der Waals surface area contributed by atoms with E-state index in [1.807, 2.05) is 6.07 Å². The van der Waals surface area contributed by atoms with Gasteiger partial charge >= 0.3 is 5.97 Å². The summed E-state index contributed by atoms with van der Waals surface area (Å²) in [4.78, 5) is 13.3. The maximum Gasteiger partial charge on any atom is 0.372 e. The lowest BCUT2D eigenvalue weighted by molar-refractivity contribution is -0.0792. The van der Waals surface area contributed by atoms with Crippen LogP contribution in [-0.4, -0.2) is 41.3 Å². The van der Waals surface area contributed by atoms with Crippen LogP contribution in [0.3, 0.4) is 0 Å². The van der Waals surface area contributed by atoms with Gasteiger partial charge in [-0.1, -0.05) is 0 Å². The first-order valence-corrected chi connectivity index (χ1v) is 7.82. The van der Waals surface area contributed by atoms with E-state index in [-0.39, 0.29) is 5.76 Å². The van der Waals surface area contributed by atoms with Gasteiger partial charge in [-0.25, -0.2) is 4.79 Å². The minimum Gasteiger partial charge on any atom is -0.475 e. The first kappa shape index (κ1) is 14.6. The standard InChI is InChI=1S/C16H23NO4/c1-11-8-14(21-15(11)16(18)19)10-17-7-3-6-13(9-17)20-12-4-2-5-12/h8,12-13H,2-7,9-10H2,1H3,(H,18,19). The normalized spacial score (nSPS) is 24.0. The van der Waals surface area contributed by atoms with Gasteiger partial charge < -0.3 is 14.3 Å². The molecule has 21 heavy (non-hydrogen) atoms. The van der Waals surface area contributed by atoms with Gasteiger partial charge in [-0.2, -0.15) is 0 Å². The van der Waals surface area contributed by atoms with Gasteiger partial charge in [-0.3, -0.25) is 4.90 Å². The summed E-state index contributed by atoms with van der Waals surface area (Å²) >= 11 is 0. The summed E-state index contributed by atoms with van der Waals surface area (Å²) in [5.41, 5.74) is 0.691. The largest absolute Gasteiger partial charge is 0.475 e. The number of ether oxygens (including phenoxy) is 1. The number of carboxylic acid groups (broad SMARTS) is 1. The van der Waals surface area contributed by atoms with Gasteiger partial charge in [-0.15, -0.1) is 0 Å². The van der Waals surface area contributed by atoms with E-state index in [0.717, 1.165) is 31.7 Å². The van der Waals surface area contributed by atoms with E-state index in [2.05, 4.69) is 4.90 Å². The minimum absolute atomic E-state index is 0.0595. The van der Waals surface area contributed by atoms with Crippen LogP contribution in [-0.2, 0) is 11.3 Å². The van der Waals surface area contributed by atoms with Gasteiger partial charge in [0.1, 0.15) is 5.76 Å². The van der Waals surface area contributed by atoms with Crippen molar-refractivity contribution in [2.45, 2.75) is 57.8 Å². The highest BCUT2D eigenvalue weighted by atomic mass is 16.5. The highest BCUT2D eigenvalue weighted by Crippen LogP contribution is 2.27. The van der Waals surface area contributed by atoms with Crippen LogP contribution in [0.5, 0.6) is 0 Å². The number of aryl methyl sites for hydroxylation is 1. The monoisotopic (exact) mass is 293 g/mol. The van der Waals surface area contributed by atoms with Gasteiger partial charge in [0.25, 0.3) is 0 Å². The Morgan fingerprint density at radius 1 is 1.38 bits per heavy atom. The molecule has 0 radical (unpaired) electrons. The fourth-order valence-electron chi connectivity index (χ4n) is 3.11. The third kappa shape index (κ3) is 3.47. The number of hydrogen-bond acceptors (Lipinski definition) is 4. The van der Waals surface area contributed by atoms with Crippen LogP contribution in [0, 0.1) is 6.92 Å². The molecule has 1 aliphatic heterocycles. The fraction of sp³-hybridized carbons (Fsp3) is 0.688. The molecule has 1 aliphatic carbocycles. The van der Waals surface area contributed by atoms with Crippen molar-refractivity contribution in [2.24, 2.45) is 0 Å². The lowest BCUT2D eigenvalue weighted by Crippen LogP contribution is -2.41. The lowest BCUT2D eigenvalue weighted by Gasteiger charge is -2.36. The molecule has 1 atom stereocenters. The molecule has 1 unspecified atom stereocenters. The van der Waals surface area contributed by atoms with E-state index in [1.54, 1.807) is 6.92 Å². The minimum atomic E-state index is -0.997. The Balaban J connectivity index is 1.56. The van der Waals surface area contributed by atoms with Gasteiger partial charge in [0.05, 0.1) is 18.8 Å². The van der Waals surface area contributed by atoms with Crippen LogP contribution >= 0.6 is 0 Å². The lowest BCUT2D eigenvalue weighted by atomic mass is 9.95. The highest BCUT2D eigenvalue weighted by molar-refractivity contribution is 5.86. The summed E-state index contributed by atoms with van der Waals surface area (Å²) in [5, 5.41) is 9.03. The number of nitrogens with zero attached hydrogens (tertiary/aromatic N) is 1. The molecule has 0 amide bonds. The van der Waals surface area contributed by atoms with Crippen molar-refractivity contribution in [3.63, 3.8) is 0 Å². The molecule has 5 heteroatoms. The summed E-state index contributed by atoms with van der Waals surface area (Å²) in [5.74, 6) is -0.206. The molecule has 3 rings (SSSR count). The fourth-order valence-corrected chi connectivity index (χ4v) is 3.11. The molecule has 2 heterocycles. The zero-order valence-electron chi connectivity index (χ0n) is 12.5. The van der Waals surface area contributed by atoms with Crippen LogP contribution in [0.1, 0.15) is 54.0 Å². The molecule has 1 saturated carbocycles. The smallest absolute Gasteiger partial charge is 0.372 e. The maximum absolute atomic E-state index is 11.0. The van der Waals surface area contributed by atoms with Crippen molar-refractivity contribution in [1.82, 2.24) is 4.90 Å². The van der Waals surface area contributed by atoms with Crippen LogP contribution < -0.4 is 0 Å². The van der Waals surface area contributed by atoms with Crippen molar-refractivity contribution in [2.75, 3.05) is 13.1 Å². The Bertz CT molecular complexity index is 506. The van der Waals surface area contributed by atoms with E-state index >= 15 is 0 Å². The SMILES string of the molecule is Cc1cc(CN2CCCC(OC3CCC3)C2)oc1C(=O)O. The van der Waals surface area contributed by atoms with E-state index in [9.17, 15) is 4.79 Å². The Morgan fingerprint density at radius 3 is 2.76 bits per heavy atom. The number of carbonyl (C=O) groups is 1. The van der Waals surface area contributed by atoms with Gasteiger partial charge in [0.15, 0.2) is 0 Å². The highest BCUT2D eigenvalue weighted by Gasteiger charge is 2.27. The van der Waals surface area contributed by atoms with Crippen molar-refractivity contribution in [3.8, 4) is 0 Å². The quantitative estimate of drug-likeness (QED) is 0.904.